The first-order chi connectivity index (χ1) is 14.0. The van der Waals surface area contributed by atoms with Crippen LogP contribution in [0.25, 0.3) is 0 Å². The molecule has 2 fully saturated rings. The van der Waals surface area contributed by atoms with Gasteiger partial charge in [0, 0.05) is 29.6 Å². The van der Waals surface area contributed by atoms with Gasteiger partial charge in [-0.3, -0.25) is 9.78 Å². The van der Waals surface area contributed by atoms with Crippen molar-refractivity contribution in [1.82, 2.24) is 10.3 Å². The van der Waals surface area contributed by atoms with E-state index in [-0.39, 0.29) is 28.6 Å². The van der Waals surface area contributed by atoms with Gasteiger partial charge in [0.25, 0.3) is 0 Å². The van der Waals surface area contributed by atoms with Gasteiger partial charge in [-0.1, -0.05) is 36.8 Å². The van der Waals surface area contributed by atoms with Gasteiger partial charge in [0.1, 0.15) is 11.5 Å². The van der Waals surface area contributed by atoms with Crippen LogP contribution in [0, 0.1) is 29.5 Å². The Bertz CT molecular complexity index is 1010. The van der Waals surface area contributed by atoms with Crippen LogP contribution < -0.4 is 10.2 Å². The number of urea groups is 1. The van der Waals surface area contributed by atoms with Gasteiger partial charge in [0.05, 0.1) is 10.9 Å². The average molecular weight is 412 g/mol. The molecule has 3 amide bonds. The topological polar surface area (TPSA) is 62.3 Å². The van der Waals surface area contributed by atoms with Crippen LogP contribution in [0.15, 0.2) is 36.7 Å². The van der Waals surface area contributed by atoms with E-state index in [1.165, 1.54) is 12.1 Å². The molecule has 1 saturated heterocycles. The summed E-state index contributed by atoms with van der Waals surface area (Å²) >= 11 is 6.29. The summed E-state index contributed by atoms with van der Waals surface area (Å²) in [6.07, 6.45) is 5.75. The Balaban J connectivity index is 1.66. The molecule has 1 aliphatic heterocycles. The Morgan fingerprint density at radius 1 is 1.24 bits per heavy atom. The zero-order chi connectivity index (χ0) is 20.5. The number of benzene rings is 1. The molecular weight excluding hydrogens is 393 g/mol. The molecular formula is C22H19ClFN3O2. The van der Waals surface area contributed by atoms with Crippen molar-refractivity contribution in [3.05, 3.63) is 58.6 Å². The molecule has 1 aromatic carbocycles. The van der Waals surface area contributed by atoms with Crippen molar-refractivity contribution < 1.29 is 14.0 Å². The molecule has 7 heteroatoms. The van der Waals surface area contributed by atoms with Crippen LogP contribution in [0.1, 0.15) is 37.3 Å². The van der Waals surface area contributed by atoms with E-state index in [1.54, 1.807) is 24.5 Å². The van der Waals surface area contributed by atoms with Crippen molar-refractivity contribution in [2.75, 3.05) is 4.90 Å². The number of nitrogens with zero attached hydrogens (tertiary/aromatic N) is 2. The number of carbonyl (C=O) groups is 2. The Labute approximate surface area is 173 Å². The highest BCUT2D eigenvalue weighted by atomic mass is 35.5. The second-order valence-corrected chi connectivity index (χ2v) is 7.85. The van der Waals surface area contributed by atoms with Crippen LogP contribution >= 0.6 is 11.6 Å². The summed E-state index contributed by atoms with van der Waals surface area (Å²) in [4.78, 5) is 30.5. The number of imide groups is 1. The first kappa shape index (κ1) is 19.4. The smallest absolute Gasteiger partial charge is 0.329 e. The monoisotopic (exact) mass is 411 g/mol. The number of halogens is 2. The first-order valence-electron chi connectivity index (χ1n) is 9.51. The van der Waals surface area contributed by atoms with E-state index in [4.69, 9.17) is 11.6 Å². The standard InChI is InChI=1S/C22H19ClFN3O2/c1-13-4-2-6-16-19(13)26-22(29)27(21(16)28)20-17(23)10-15(11-18(20)24)8-7-14-5-3-9-25-12-14/h3,5,9-13,16,19H,2,4,6H2,1H3,(H,26,29)/t13?,16?,19-/m0/s1. The van der Waals surface area contributed by atoms with Crippen LogP contribution in [-0.2, 0) is 4.79 Å². The van der Waals surface area contributed by atoms with E-state index in [0.29, 0.717) is 17.5 Å². The van der Waals surface area contributed by atoms with Gasteiger partial charge in [0.15, 0.2) is 0 Å². The quantitative estimate of drug-likeness (QED) is 0.717. The lowest BCUT2D eigenvalue weighted by Crippen LogP contribution is -2.63. The Morgan fingerprint density at radius 2 is 2.03 bits per heavy atom. The van der Waals surface area contributed by atoms with Gasteiger partial charge in [-0.05, 0) is 43.0 Å². The van der Waals surface area contributed by atoms with Crippen LogP contribution in [-0.4, -0.2) is 23.0 Å². The fourth-order valence-electron chi connectivity index (χ4n) is 4.05. The third kappa shape index (κ3) is 3.70. The number of aromatic nitrogens is 1. The summed E-state index contributed by atoms with van der Waals surface area (Å²) in [7, 11) is 0. The lowest BCUT2D eigenvalue weighted by atomic mass is 9.76. The third-order valence-corrected chi connectivity index (χ3v) is 5.79. The third-order valence-electron chi connectivity index (χ3n) is 5.51. The summed E-state index contributed by atoms with van der Waals surface area (Å²) in [5, 5.41) is 2.83. The number of amides is 3. The van der Waals surface area contributed by atoms with Crippen molar-refractivity contribution in [2.45, 2.75) is 32.2 Å². The lowest BCUT2D eigenvalue weighted by molar-refractivity contribution is -0.125. The molecule has 0 bridgehead atoms. The minimum atomic E-state index is -0.765. The summed E-state index contributed by atoms with van der Waals surface area (Å²) < 4.78 is 14.9. The highest BCUT2D eigenvalue weighted by Gasteiger charge is 2.46. The molecule has 2 aliphatic rings. The van der Waals surface area contributed by atoms with Crippen LogP contribution in [0.3, 0.4) is 0 Å². The van der Waals surface area contributed by atoms with Crippen molar-refractivity contribution in [1.29, 1.82) is 0 Å². The van der Waals surface area contributed by atoms with E-state index < -0.39 is 17.8 Å². The number of fused-ring (bicyclic) bond motifs is 1. The van der Waals surface area contributed by atoms with Crippen LogP contribution in [0.2, 0.25) is 5.02 Å². The molecule has 5 nitrogen and oxygen atoms in total. The predicted molar refractivity (Wildman–Crippen MR) is 108 cm³/mol. The highest BCUT2D eigenvalue weighted by Crippen LogP contribution is 2.38. The van der Waals surface area contributed by atoms with Crippen LogP contribution in [0.4, 0.5) is 14.9 Å². The van der Waals surface area contributed by atoms with Gasteiger partial charge in [-0.25, -0.2) is 14.1 Å². The molecule has 1 N–H and O–H groups in total. The maximum absolute atomic E-state index is 14.9. The largest absolute Gasteiger partial charge is 0.334 e. The minimum absolute atomic E-state index is 0.0358. The van der Waals surface area contributed by atoms with Crippen molar-refractivity contribution in [3.63, 3.8) is 0 Å². The summed E-state index contributed by atoms with van der Waals surface area (Å²) in [5.74, 6) is 4.38. The number of pyridine rings is 1. The predicted octanol–water partition coefficient (Wildman–Crippen LogP) is 4.13. The Kier molecular flexibility index (Phi) is 5.25. The van der Waals surface area contributed by atoms with Gasteiger partial charge < -0.3 is 5.32 Å². The van der Waals surface area contributed by atoms with Gasteiger partial charge in [0.2, 0.25) is 5.91 Å². The van der Waals surface area contributed by atoms with Crippen LogP contribution in [0.5, 0.6) is 0 Å². The number of anilines is 1. The van der Waals surface area contributed by atoms with E-state index in [2.05, 4.69) is 22.1 Å². The van der Waals surface area contributed by atoms with E-state index in [9.17, 15) is 14.0 Å². The van der Waals surface area contributed by atoms with Gasteiger partial charge in [-0.15, -0.1) is 0 Å². The van der Waals surface area contributed by atoms with E-state index in [0.717, 1.165) is 17.7 Å². The van der Waals surface area contributed by atoms with Gasteiger partial charge >= 0.3 is 6.03 Å². The molecule has 4 rings (SSSR count). The number of nitrogens with one attached hydrogen (secondary N) is 1. The second-order valence-electron chi connectivity index (χ2n) is 7.44. The zero-order valence-electron chi connectivity index (χ0n) is 15.8. The molecule has 2 aromatic rings. The highest BCUT2D eigenvalue weighted by molar-refractivity contribution is 6.35. The van der Waals surface area contributed by atoms with Crippen molar-refractivity contribution in [3.8, 4) is 11.8 Å². The van der Waals surface area contributed by atoms with Crippen molar-refractivity contribution >= 4 is 29.2 Å². The molecule has 1 aromatic heterocycles. The number of rotatable bonds is 1. The minimum Gasteiger partial charge on any atom is -0.334 e. The molecule has 3 atom stereocenters. The maximum atomic E-state index is 14.9. The van der Waals surface area contributed by atoms with E-state index >= 15 is 0 Å². The summed E-state index contributed by atoms with van der Waals surface area (Å²) in [6, 6.07) is 5.32. The SMILES string of the molecule is CC1CCCC2C(=O)N(c3c(F)cc(C#Cc4cccnc4)cc3Cl)C(=O)N[C@@H]12. The normalized spacial score (nSPS) is 23.7. The molecule has 1 aliphatic carbocycles. The Hall–Kier alpha value is -2.91. The molecule has 0 spiro atoms. The first-order valence-corrected chi connectivity index (χ1v) is 9.89. The molecule has 148 valence electrons. The molecule has 0 radical (unpaired) electrons. The zero-order valence-corrected chi connectivity index (χ0v) is 16.5. The Morgan fingerprint density at radius 3 is 2.76 bits per heavy atom. The number of hydrogen-bond donors (Lipinski definition) is 1. The second kappa shape index (κ2) is 7.84. The molecule has 2 unspecified atom stereocenters. The maximum Gasteiger partial charge on any atom is 0.329 e. The fourth-order valence-corrected chi connectivity index (χ4v) is 4.34. The van der Waals surface area contributed by atoms with E-state index in [1.807, 2.05) is 6.92 Å². The molecule has 2 heterocycles. The van der Waals surface area contributed by atoms with Gasteiger partial charge in [-0.2, -0.15) is 0 Å². The number of hydrogen-bond acceptors (Lipinski definition) is 3. The number of carbonyl (C=O) groups excluding carboxylic acids is 2. The lowest BCUT2D eigenvalue weighted by Gasteiger charge is -2.43. The molecule has 1 saturated carbocycles. The fraction of sp³-hybridized carbons (Fsp3) is 0.318. The summed E-state index contributed by atoms with van der Waals surface area (Å²) in [5.41, 5.74) is 0.794. The average Bonchev–Trinajstić information content (AvgIpc) is 2.70. The summed E-state index contributed by atoms with van der Waals surface area (Å²) in [6.45, 7) is 2.02. The molecule has 29 heavy (non-hydrogen) atoms. The van der Waals surface area contributed by atoms with Crippen molar-refractivity contribution in [2.24, 2.45) is 11.8 Å².